The summed E-state index contributed by atoms with van der Waals surface area (Å²) in [6.07, 6.45) is 14.2. The highest BCUT2D eigenvalue weighted by atomic mass is 16.3. The molecule has 2 aliphatic carbocycles. The van der Waals surface area contributed by atoms with Crippen LogP contribution in [0.2, 0.25) is 0 Å². The molecule has 0 aromatic carbocycles. The predicted molar refractivity (Wildman–Crippen MR) is 85.6 cm³/mol. The zero-order valence-electron chi connectivity index (χ0n) is 13.6. The summed E-state index contributed by atoms with van der Waals surface area (Å²) in [6, 6.07) is 3.18. The average Bonchev–Trinajstić information content (AvgIpc) is 2.48. The zero-order valence-corrected chi connectivity index (χ0v) is 13.6. The maximum Gasteiger partial charge on any atom is 0.0993 e. The Hall–Kier alpha value is -1.01. The van der Waals surface area contributed by atoms with Gasteiger partial charge in [-0.25, -0.2) is 0 Å². The van der Waals surface area contributed by atoms with Crippen molar-refractivity contribution in [2.75, 3.05) is 0 Å². The molecule has 3 heteroatoms. The van der Waals surface area contributed by atoms with Gasteiger partial charge in [0.05, 0.1) is 17.4 Å². The Balaban J connectivity index is 2.28. The standard InChI is InChI=1S/C18H30N2O/c1-18(2,21)17(13-14-19)20(15-9-5-3-6-10-15)16-11-7-4-8-12-16/h13,15-16,21H,3-12H2,1-2H3. The summed E-state index contributed by atoms with van der Waals surface area (Å²) in [5, 5.41) is 19.8. The molecule has 0 heterocycles. The molecule has 2 rings (SSSR count). The van der Waals surface area contributed by atoms with Crippen LogP contribution in [0.25, 0.3) is 0 Å². The Labute approximate surface area is 129 Å². The largest absolute Gasteiger partial charge is 0.384 e. The molecule has 118 valence electrons. The van der Waals surface area contributed by atoms with Crippen molar-refractivity contribution in [3.63, 3.8) is 0 Å². The summed E-state index contributed by atoms with van der Waals surface area (Å²) < 4.78 is 0. The number of hydrogen-bond acceptors (Lipinski definition) is 3. The molecule has 0 saturated heterocycles. The third-order valence-electron chi connectivity index (χ3n) is 5.04. The smallest absolute Gasteiger partial charge is 0.0993 e. The van der Waals surface area contributed by atoms with E-state index in [-0.39, 0.29) is 0 Å². The molecule has 3 nitrogen and oxygen atoms in total. The second kappa shape index (κ2) is 7.31. The van der Waals surface area contributed by atoms with Crippen LogP contribution in [-0.4, -0.2) is 27.7 Å². The van der Waals surface area contributed by atoms with Gasteiger partial charge in [0.15, 0.2) is 0 Å². The van der Waals surface area contributed by atoms with E-state index >= 15 is 0 Å². The highest BCUT2D eigenvalue weighted by molar-refractivity contribution is 5.22. The van der Waals surface area contributed by atoms with Gasteiger partial charge in [-0.2, -0.15) is 5.26 Å². The molecule has 0 aromatic heterocycles. The molecule has 0 aliphatic heterocycles. The molecule has 0 bridgehead atoms. The lowest BCUT2D eigenvalue weighted by Gasteiger charge is -2.47. The van der Waals surface area contributed by atoms with Gasteiger partial charge in [0, 0.05) is 18.2 Å². The molecular formula is C18H30N2O. The number of nitriles is 1. The van der Waals surface area contributed by atoms with E-state index in [1.807, 2.05) is 13.8 Å². The first kappa shape index (κ1) is 16.4. The van der Waals surface area contributed by atoms with Gasteiger partial charge in [0.25, 0.3) is 0 Å². The topological polar surface area (TPSA) is 47.3 Å². The lowest BCUT2D eigenvalue weighted by atomic mass is 9.86. The molecular weight excluding hydrogens is 260 g/mol. The van der Waals surface area contributed by atoms with Crippen LogP contribution in [0.15, 0.2) is 11.8 Å². The van der Waals surface area contributed by atoms with E-state index in [2.05, 4.69) is 11.0 Å². The van der Waals surface area contributed by atoms with E-state index in [0.717, 1.165) is 5.70 Å². The van der Waals surface area contributed by atoms with Gasteiger partial charge in [-0.05, 0) is 39.5 Å². The van der Waals surface area contributed by atoms with E-state index in [9.17, 15) is 10.4 Å². The highest BCUT2D eigenvalue weighted by Crippen LogP contribution is 2.36. The third kappa shape index (κ3) is 4.23. The monoisotopic (exact) mass is 290 g/mol. The van der Waals surface area contributed by atoms with Crippen LogP contribution in [0.5, 0.6) is 0 Å². The summed E-state index contributed by atoms with van der Waals surface area (Å²) in [7, 11) is 0. The van der Waals surface area contributed by atoms with Crippen molar-refractivity contribution in [1.82, 2.24) is 4.90 Å². The minimum Gasteiger partial charge on any atom is -0.384 e. The molecule has 0 amide bonds. The number of nitrogens with zero attached hydrogens (tertiary/aromatic N) is 2. The van der Waals surface area contributed by atoms with Crippen LogP contribution in [0.3, 0.4) is 0 Å². The summed E-state index contributed by atoms with van der Waals surface area (Å²) in [4.78, 5) is 2.45. The summed E-state index contributed by atoms with van der Waals surface area (Å²) in [5.41, 5.74) is -0.103. The lowest BCUT2D eigenvalue weighted by Crippen LogP contribution is -2.49. The van der Waals surface area contributed by atoms with Gasteiger partial charge in [-0.1, -0.05) is 38.5 Å². The normalized spacial score (nSPS) is 22.9. The third-order valence-corrected chi connectivity index (χ3v) is 5.04. The summed E-state index contributed by atoms with van der Waals surface area (Å²) in [6.45, 7) is 3.63. The Morgan fingerprint density at radius 3 is 1.76 bits per heavy atom. The molecule has 0 aromatic rings. The maximum absolute atomic E-state index is 10.6. The average molecular weight is 290 g/mol. The van der Waals surface area contributed by atoms with Gasteiger partial charge in [-0.15, -0.1) is 0 Å². The number of rotatable bonds is 4. The quantitative estimate of drug-likeness (QED) is 0.792. The minimum absolute atomic E-state index is 0.507. The maximum atomic E-state index is 10.6. The van der Waals surface area contributed by atoms with Crippen molar-refractivity contribution in [3.05, 3.63) is 11.8 Å². The Morgan fingerprint density at radius 2 is 1.43 bits per heavy atom. The number of aliphatic hydroxyl groups is 1. The highest BCUT2D eigenvalue weighted by Gasteiger charge is 2.35. The van der Waals surface area contributed by atoms with Crippen molar-refractivity contribution in [1.29, 1.82) is 5.26 Å². The van der Waals surface area contributed by atoms with E-state index in [4.69, 9.17) is 0 Å². The fourth-order valence-electron chi connectivity index (χ4n) is 4.04. The first-order chi connectivity index (χ1) is 10.0. The van der Waals surface area contributed by atoms with Gasteiger partial charge < -0.3 is 10.0 Å². The van der Waals surface area contributed by atoms with Gasteiger partial charge in [0.1, 0.15) is 0 Å². The van der Waals surface area contributed by atoms with Crippen molar-refractivity contribution < 1.29 is 5.11 Å². The van der Waals surface area contributed by atoms with Crippen molar-refractivity contribution in [3.8, 4) is 6.07 Å². The molecule has 2 fully saturated rings. The molecule has 21 heavy (non-hydrogen) atoms. The van der Waals surface area contributed by atoms with Crippen LogP contribution >= 0.6 is 0 Å². The molecule has 0 spiro atoms. The van der Waals surface area contributed by atoms with E-state index < -0.39 is 5.60 Å². The fraction of sp³-hybridized carbons (Fsp3) is 0.833. The van der Waals surface area contributed by atoms with Gasteiger partial charge in [0.2, 0.25) is 0 Å². The van der Waals surface area contributed by atoms with Crippen molar-refractivity contribution in [2.45, 2.75) is 95.7 Å². The Bertz CT molecular complexity index is 372. The first-order valence-corrected chi connectivity index (χ1v) is 8.65. The molecule has 1 N–H and O–H groups in total. The fourth-order valence-corrected chi connectivity index (χ4v) is 4.04. The number of allylic oxidation sites excluding steroid dienone is 1. The second-order valence-corrected chi connectivity index (χ2v) is 7.21. The van der Waals surface area contributed by atoms with E-state index in [1.165, 1.54) is 64.2 Å². The van der Waals surface area contributed by atoms with Crippen molar-refractivity contribution in [2.24, 2.45) is 0 Å². The SMILES string of the molecule is CC(C)(O)C(=CC#N)N(C1CCCCC1)C1CCCCC1. The summed E-state index contributed by atoms with van der Waals surface area (Å²) in [5.74, 6) is 0. The van der Waals surface area contributed by atoms with Crippen molar-refractivity contribution >= 4 is 0 Å². The van der Waals surface area contributed by atoms with E-state index in [0.29, 0.717) is 12.1 Å². The summed E-state index contributed by atoms with van der Waals surface area (Å²) >= 11 is 0. The van der Waals surface area contributed by atoms with Crippen LogP contribution < -0.4 is 0 Å². The Kier molecular flexibility index (Phi) is 5.70. The van der Waals surface area contributed by atoms with Crippen LogP contribution in [0.4, 0.5) is 0 Å². The predicted octanol–water partition coefficient (Wildman–Crippen LogP) is 4.13. The second-order valence-electron chi connectivity index (χ2n) is 7.21. The Morgan fingerprint density at radius 1 is 1.00 bits per heavy atom. The van der Waals surface area contributed by atoms with E-state index in [1.54, 1.807) is 6.08 Å². The van der Waals surface area contributed by atoms with Crippen LogP contribution in [0, 0.1) is 11.3 Å². The molecule has 0 unspecified atom stereocenters. The van der Waals surface area contributed by atoms with Crippen LogP contribution in [0.1, 0.15) is 78.1 Å². The van der Waals surface area contributed by atoms with Gasteiger partial charge in [-0.3, -0.25) is 0 Å². The molecule has 2 saturated carbocycles. The zero-order chi connectivity index (χ0) is 15.3. The minimum atomic E-state index is -0.940. The number of hydrogen-bond donors (Lipinski definition) is 1. The first-order valence-electron chi connectivity index (χ1n) is 8.65. The molecule has 0 atom stereocenters. The molecule has 0 radical (unpaired) electrons. The molecule has 2 aliphatic rings. The lowest BCUT2D eigenvalue weighted by molar-refractivity contribution is 0.0334. The van der Waals surface area contributed by atoms with Crippen LogP contribution in [-0.2, 0) is 0 Å². The van der Waals surface area contributed by atoms with Gasteiger partial charge >= 0.3 is 0 Å².